The lowest BCUT2D eigenvalue weighted by Crippen LogP contribution is -2.24. The molecule has 0 aliphatic rings. The lowest BCUT2D eigenvalue weighted by Gasteiger charge is -2.06. The highest BCUT2D eigenvalue weighted by atomic mass is 16.1. The normalized spacial score (nSPS) is 11.6. The van der Waals surface area contributed by atoms with E-state index in [4.69, 9.17) is 0 Å². The van der Waals surface area contributed by atoms with Crippen molar-refractivity contribution in [1.82, 2.24) is 5.32 Å². The quantitative estimate of drug-likeness (QED) is 0.179. The Hall–Kier alpha value is -1.57. The Morgan fingerprint density at radius 2 is 1.13 bits per heavy atom. The van der Waals surface area contributed by atoms with Crippen molar-refractivity contribution in [2.75, 3.05) is 6.54 Å². The van der Waals surface area contributed by atoms with Gasteiger partial charge in [-0.25, -0.2) is 0 Å². The first-order valence-corrected chi connectivity index (χ1v) is 12.8. The molecule has 0 aliphatic carbocycles. The van der Waals surface area contributed by atoms with Crippen LogP contribution in [-0.2, 0) is 4.79 Å². The third-order valence-electron chi connectivity index (χ3n) is 5.86. The molecule has 0 radical (unpaired) electrons. The molecule has 0 saturated carbocycles. The number of unbranched alkanes of at least 4 members (excludes halogenated alkanes) is 15. The van der Waals surface area contributed by atoms with E-state index < -0.39 is 0 Å². The number of carbonyl (C=O) groups is 1. The minimum atomic E-state index is 0.0554. The van der Waals surface area contributed by atoms with E-state index in [9.17, 15) is 4.79 Å². The van der Waals surface area contributed by atoms with Crippen LogP contribution in [0, 0.1) is 0 Å². The van der Waals surface area contributed by atoms with Crippen LogP contribution in [0.1, 0.15) is 122 Å². The fourth-order valence-electron chi connectivity index (χ4n) is 3.88. The molecule has 1 aromatic rings. The molecule has 30 heavy (non-hydrogen) atoms. The molecule has 0 unspecified atom stereocenters. The van der Waals surface area contributed by atoms with E-state index in [-0.39, 0.29) is 5.91 Å². The second kappa shape index (κ2) is 19.4. The van der Waals surface area contributed by atoms with Gasteiger partial charge in [0.15, 0.2) is 0 Å². The summed E-state index contributed by atoms with van der Waals surface area (Å²) in [6.45, 7) is 4.96. The van der Waals surface area contributed by atoms with Gasteiger partial charge in [-0.2, -0.15) is 0 Å². The average Bonchev–Trinajstić information content (AvgIpc) is 2.76. The SMILES string of the molecule is CCCCCCCCCCCCCCCCCCNC(=O)C(C)=Cc1ccccc1. The summed E-state index contributed by atoms with van der Waals surface area (Å²) < 4.78 is 0. The smallest absolute Gasteiger partial charge is 0.246 e. The number of carbonyl (C=O) groups excluding carboxylic acids is 1. The second-order valence-corrected chi connectivity index (χ2v) is 8.80. The molecule has 0 saturated heterocycles. The highest BCUT2D eigenvalue weighted by Gasteiger charge is 2.03. The number of benzene rings is 1. The molecular weight excluding hydrogens is 366 g/mol. The van der Waals surface area contributed by atoms with Crippen molar-refractivity contribution >= 4 is 12.0 Å². The van der Waals surface area contributed by atoms with Crippen molar-refractivity contribution < 1.29 is 4.79 Å². The topological polar surface area (TPSA) is 29.1 Å². The van der Waals surface area contributed by atoms with Gasteiger partial charge in [0.1, 0.15) is 0 Å². The average molecular weight is 414 g/mol. The van der Waals surface area contributed by atoms with Crippen molar-refractivity contribution in [3.05, 3.63) is 41.5 Å². The third-order valence-corrected chi connectivity index (χ3v) is 5.86. The molecule has 0 spiro atoms. The number of nitrogens with one attached hydrogen (secondary N) is 1. The summed E-state index contributed by atoms with van der Waals surface area (Å²) in [5.41, 5.74) is 1.85. The Morgan fingerprint density at radius 3 is 1.60 bits per heavy atom. The zero-order valence-corrected chi connectivity index (χ0v) is 19.9. The summed E-state index contributed by atoms with van der Waals surface area (Å²) in [4.78, 5) is 12.1. The number of rotatable bonds is 19. The predicted molar refractivity (Wildman–Crippen MR) is 133 cm³/mol. The maximum Gasteiger partial charge on any atom is 0.246 e. The van der Waals surface area contributed by atoms with Gasteiger partial charge in [-0.1, -0.05) is 134 Å². The number of hydrogen-bond donors (Lipinski definition) is 1. The fraction of sp³-hybridized carbons (Fsp3) is 0.679. The van der Waals surface area contributed by atoms with E-state index >= 15 is 0 Å². The Morgan fingerprint density at radius 1 is 0.700 bits per heavy atom. The van der Waals surface area contributed by atoms with Crippen LogP contribution in [-0.4, -0.2) is 12.5 Å². The first-order valence-electron chi connectivity index (χ1n) is 12.8. The minimum Gasteiger partial charge on any atom is -0.352 e. The molecular formula is C28H47NO. The van der Waals surface area contributed by atoms with Crippen LogP contribution in [0.25, 0.3) is 6.08 Å². The minimum absolute atomic E-state index is 0.0554. The summed E-state index contributed by atoms with van der Waals surface area (Å²) in [7, 11) is 0. The van der Waals surface area contributed by atoms with Gasteiger partial charge in [-0.15, -0.1) is 0 Å². The van der Waals surface area contributed by atoms with Gasteiger partial charge >= 0.3 is 0 Å². The molecule has 0 aliphatic heterocycles. The van der Waals surface area contributed by atoms with E-state index in [1.165, 1.54) is 96.3 Å². The molecule has 1 N–H and O–H groups in total. The first kappa shape index (κ1) is 26.5. The Labute approximate surface area is 186 Å². The maximum absolute atomic E-state index is 12.1. The highest BCUT2D eigenvalue weighted by Crippen LogP contribution is 2.13. The van der Waals surface area contributed by atoms with Gasteiger partial charge in [0.2, 0.25) is 5.91 Å². The molecule has 0 aromatic heterocycles. The Balaban J connectivity index is 1.84. The molecule has 2 heteroatoms. The third kappa shape index (κ3) is 15.3. The molecule has 0 fully saturated rings. The number of hydrogen-bond acceptors (Lipinski definition) is 1. The summed E-state index contributed by atoms with van der Waals surface area (Å²) in [5.74, 6) is 0.0554. The molecule has 0 atom stereocenters. The largest absolute Gasteiger partial charge is 0.352 e. The maximum atomic E-state index is 12.1. The van der Waals surface area contributed by atoms with E-state index in [0.29, 0.717) is 0 Å². The van der Waals surface area contributed by atoms with Gasteiger partial charge in [-0.05, 0) is 25.0 Å². The van der Waals surface area contributed by atoms with Crippen LogP contribution in [0.2, 0.25) is 0 Å². The molecule has 0 bridgehead atoms. The molecule has 0 heterocycles. The highest BCUT2D eigenvalue weighted by molar-refractivity contribution is 5.97. The van der Waals surface area contributed by atoms with Crippen LogP contribution >= 0.6 is 0 Å². The zero-order valence-electron chi connectivity index (χ0n) is 19.9. The van der Waals surface area contributed by atoms with Gasteiger partial charge in [-0.3, -0.25) is 4.79 Å². The first-order chi connectivity index (χ1) is 14.7. The van der Waals surface area contributed by atoms with Gasteiger partial charge < -0.3 is 5.32 Å². The van der Waals surface area contributed by atoms with E-state index in [1.54, 1.807) is 0 Å². The van der Waals surface area contributed by atoms with Gasteiger partial charge in [0, 0.05) is 12.1 Å². The standard InChI is InChI=1S/C28H47NO/c1-3-4-5-6-7-8-9-10-11-12-13-14-15-16-17-21-24-29-28(30)26(2)25-27-22-19-18-20-23-27/h18-20,22-23,25H,3-17,21,24H2,1-2H3,(H,29,30). The monoisotopic (exact) mass is 413 g/mol. The molecule has 170 valence electrons. The summed E-state index contributed by atoms with van der Waals surface area (Å²) >= 11 is 0. The van der Waals surface area contributed by atoms with Gasteiger partial charge in [0.05, 0.1) is 0 Å². The van der Waals surface area contributed by atoms with E-state index in [2.05, 4.69) is 12.2 Å². The van der Waals surface area contributed by atoms with Crippen LogP contribution in [0.4, 0.5) is 0 Å². The van der Waals surface area contributed by atoms with Crippen molar-refractivity contribution in [2.45, 2.75) is 117 Å². The van der Waals surface area contributed by atoms with Crippen LogP contribution in [0.15, 0.2) is 35.9 Å². The van der Waals surface area contributed by atoms with Crippen molar-refractivity contribution in [2.24, 2.45) is 0 Å². The molecule has 2 nitrogen and oxygen atoms in total. The van der Waals surface area contributed by atoms with Gasteiger partial charge in [0.25, 0.3) is 0 Å². The zero-order chi connectivity index (χ0) is 21.7. The Kier molecular flexibility index (Phi) is 17.1. The number of amides is 1. The van der Waals surface area contributed by atoms with Crippen molar-refractivity contribution in [3.8, 4) is 0 Å². The lowest BCUT2D eigenvalue weighted by atomic mass is 10.0. The predicted octanol–water partition coefficient (Wildman–Crippen LogP) is 8.47. The van der Waals surface area contributed by atoms with E-state index in [1.807, 2.05) is 43.3 Å². The second-order valence-electron chi connectivity index (χ2n) is 8.80. The van der Waals surface area contributed by atoms with Crippen molar-refractivity contribution in [1.29, 1.82) is 0 Å². The van der Waals surface area contributed by atoms with Crippen molar-refractivity contribution in [3.63, 3.8) is 0 Å². The molecule has 1 amide bonds. The lowest BCUT2D eigenvalue weighted by molar-refractivity contribution is -0.117. The van der Waals surface area contributed by atoms with Crippen LogP contribution in [0.3, 0.4) is 0 Å². The fourth-order valence-corrected chi connectivity index (χ4v) is 3.88. The Bertz CT molecular complexity index is 549. The summed E-state index contributed by atoms with van der Waals surface area (Å²) in [5, 5.41) is 3.05. The molecule has 1 rings (SSSR count). The summed E-state index contributed by atoms with van der Waals surface area (Å²) in [6.07, 6.45) is 23.9. The van der Waals surface area contributed by atoms with E-state index in [0.717, 1.165) is 24.1 Å². The summed E-state index contributed by atoms with van der Waals surface area (Å²) in [6, 6.07) is 10.0. The molecule has 1 aromatic carbocycles. The van der Waals surface area contributed by atoms with Crippen LogP contribution < -0.4 is 5.32 Å². The van der Waals surface area contributed by atoms with Crippen LogP contribution in [0.5, 0.6) is 0 Å².